The Labute approximate surface area is 136 Å². The first-order chi connectivity index (χ1) is 10.9. The van der Waals surface area contributed by atoms with Crippen molar-refractivity contribution in [2.24, 2.45) is 5.92 Å². The van der Waals surface area contributed by atoms with E-state index in [1.165, 1.54) is 0 Å². The van der Waals surface area contributed by atoms with E-state index in [4.69, 9.17) is 4.74 Å². The Kier molecular flexibility index (Phi) is 5.70. The van der Waals surface area contributed by atoms with Gasteiger partial charge in [-0.05, 0) is 12.3 Å². The lowest BCUT2D eigenvalue weighted by atomic mass is 10.0. The Hall–Kier alpha value is -1.96. The Morgan fingerprint density at radius 3 is 2.91 bits per heavy atom. The van der Waals surface area contributed by atoms with Gasteiger partial charge in [-0.2, -0.15) is 0 Å². The molecule has 0 spiro atoms. The highest BCUT2D eigenvalue weighted by Crippen LogP contribution is 2.26. The van der Waals surface area contributed by atoms with Gasteiger partial charge in [0.25, 0.3) is 0 Å². The first kappa shape index (κ1) is 17.4. The van der Waals surface area contributed by atoms with Crippen LogP contribution in [-0.2, 0) is 20.9 Å². The normalized spacial score (nSPS) is 17.5. The van der Waals surface area contributed by atoms with Gasteiger partial charge in [-0.15, -0.1) is 5.10 Å². The minimum Gasteiger partial charge on any atom is -0.383 e. The molecule has 0 unspecified atom stereocenters. The smallest absolute Gasteiger partial charge is 0.248 e. The van der Waals surface area contributed by atoms with Crippen molar-refractivity contribution < 1.29 is 14.3 Å². The summed E-state index contributed by atoms with van der Waals surface area (Å²) in [5, 5.41) is 7.95. The lowest BCUT2D eigenvalue weighted by molar-refractivity contribution is -0.145. The topological polar surface area (TPSA) is 80.6 Å². The number of aromatic nitrogens is 3. The highest BCUT2D eigenvalue weighted by Gasteiger charge is 2.35. The molecule has 8 nitrogen and oxygen atoms in total. The van der Waals surface area contributed by atoms with Crippen LogP contribution < -0.4 is 0 Å². The second kappa shape index (κ2) is 7.54. The molecule has 0 radical (unpaired) electrons. The molecule has 2 rings (SSSR count). The molecule has 2 amide bonds. The number of rotatable bonds is 7. The van der Waals surface area contributed by atoms with E-state index in [-0.39, 0.29) is 24.4 Å². The molecule has 0 saturated carbocycles. The van der Waals surface area contributed by atoms with Crippen LogP contribution in [0.2, 0.25) is 0 Å². The quantitative estimate of drug-likeness (QED) is 0.721. The summed E-state index contributed by atoms with van der Waals surface area (Å²) >= 11 is 0. The fourth-order valence-corrected chi connectivity index (χ4v) is 2.65. The minimum absolute atomic E-state index is 0.0646. The fourth-order valence-electron chi connectivity index (χ4n) is 2.65. The molecule has 1 aromatic rings. The van der Waals surface area contributed by atoms with Crippen molar-refractivity contribution in [2.75, 3.05) is 33.9 Å². The molecule has 128 valence electrons. The first-order valence-electron chi connectivity index (χ1n) is 7.84. The van der Waals surface area contributed by atoms with E-state index in [0.717, 1.165) is 5.69 Å². The van der Waals surface area contributed by atoms with Gasteiger partial charge in [0, 0.05) is 20.7 Å². The lowest BCUT2D eigenvalue weighted by Crippen LogP contribution is -2.48. The van der Waals surface area contributed by atoms with Crippen LogP contribution in [0.25, 0.3) is 0 Å². The van der Waals surface area contributed by atoms with Crippen molar-refractivity contribution >= 4 is 11.8 Å². The van der Waals surface area contributed by atoms with Crippen LogP contribution in [0.15, 0.2) is 6.20 Å². The highest BCUT2D eigenvalue weighted by atomic mass is 16.5. The highest BCUT2D eigenvalue weighted by molar-refractivity contribution is 5.87. The van der Waals surface area contributed by atoms with Crippen LogP contribution in [-0.4, -0.2) is 70.5 Å². The van der Waals surface area contributed by atoms with Gasteiger partial charge in [-0.25, -0.2) is 4.68 Å². The maximum atomic E-state index is 12.7. The largest absolute Gasteiger partial charge is 0.383 e. The standard InChI is InChI=1S/C15H25N5O3/c1-11(2)7-13-15(22)19(9-12-8-16-17-20(12)13)10-14(21)18(3)5-6-23-4/h8,11,13H,5-7,9-10H2,1-4H3/t13-/m0/s1. The third kappa shape index (κ3) is 4.07. The predicted octanol–water partition coefficient (Wildman–Crippen LogP) is 0.312. The van der Waals surface area contributed by atoms with E-state index >= 15 is 0 Å². The number of carbonyl (C=O) groups is 2. The number of fused-ring (bicyclic) bond motifs is 1. The molecule has 1 aliphatic rings. The van der Waals surface area contributed by atoms with Crippen LogP contribution >= 0.6 is 0 Å². The summed E-state index contributed by atoms with van der Waals surface area (Å²) < 4.78 is 6.67. The summed E-state index contributed by atoms with van der Waals surface area (Å²) in [6.45, 7) is 5.54. The van der Waals surface area contributed by atoms with Crippen LogP contribution in [0.3, 0.4) is 0 Å². The molecule has 8 heteroatoms. The van der Waals surface area contributed by atoms with Crippen LogP contribution in [0.4, 0.5) is 0 Å². The lowest BCUT2D eigenvalue weighted by Gasteiger charge is -2.33. The molecule has 2 heterocycles. The molecule has 0 aromatic carbocycles. The van der Waals surface area contributed by atoms with Crippen molar-refractivity contribution in [3.8, 4) is 0 Å². The molecule has 0 N–H and O–H groups in total. The van der Waals surface area contributed by atoms with Gasteiger partial charge in [0.15, 0.2) is 0 Å². The van der Waals surface area contributed by atoms with Crippen molar-refractivity contribution in [1.29, 1.82) is 0 Å². The average molecular weight is 323 g/mol. The van der Waals surface area contributed by atoms with Gasteiger partial charge in [-0.1, -0.05) is 19.1 Å². The number of carbonyl (C=O) groups excluding carboxylic acids is 2. The molecular formula is C15H25N5O3. The summed E-state index contributed by atoms with van der Waals surface area (Å²) in [4.78, 5) is 28.2. The van der Waals surface area contributed by atoms with Crippen LogP contribution in [0.5, 0.6) is 0 Å². The molecule has 0 bridgehead atoms. The van der Waals surface area contributed by atoms with E-state index < -0.39 is 0 Å². The van der Waals surface area contributed by atoms with E-state index in [1.807, 2.05) is 0 Å². The second-order valence-corrected chi connectivity index (χ2v) is 6.32. The summed E-state index contributed by atoms with van der Waals surface area (Å²) in [5.41, 5.74) is 0.864. The predicted molar refractivity (Wildman–Crippen MR) is 83.4 cm³/mol. The van der Waals surface area contributed by atoms with Gasteiger partial charge < -0.3 is 14.5 Å². The van der Waals surface area contributed by atoms with Crippen molar-refractivity contribution in [3.63, 3.8) is 0 Å². The minimum atomic E-state index is -0.377. The summed E-state index contributed by atoms with van der Waals surface area (Å²) in [7, 11) is 3.31. The summed E-state index contributed by atoms with van der Waals surface area (Å²) in [6, 6.07) is -0.377. The zero-order valence-electron chi connectivity index (χ0n) is 14.2. The SMILES string of the molecule is COCCN(C)C(=O)CN1Cc2cnnn2[C@@H](CC(C)C)C1=O. The molecular weight excluding hydrogens is 298 g/mol. The Morgan fingerprint density at radius 1 is 1.52 bits per heavy atom. The van der Waals surface area contributed by atoms with Crippen molar-refractivity contribution in [1.82, 2.24) is 24.8 Å². The zero-order chi connectivity index (χ0) is 17.0. The number of likely N-dealkylation sites (N-methyl/N-ethyl adjacent to an activating group) is 1. The number of methoxy groups -OCH3 is 1. The number of ether oxygens (including phenoxy) is 1. The maximum Gasteiger partial charge on any atom is 0.248 e. The number of amides is 2. The molecule has 1 aromatic heterocycles. The van der Waals surface area contributed by atoms with Crippen LogP contribution in [0.1, 0.15) is 32.0 Å². The molecule has 23 heavy (non-hydrogen) atoms. The first-order valence-corrected chi connectivity index (χ1v) is 7.84. The van der Waals surface area contributed by atoms with Crippen LogP contribution in [0, 0.1) is 5.92 Å². The van der Waals surface area contributed by atoms with Gasteiger partial charge in [0.05, 0.1) is 25.0 Å². The Balaban J connectivity index is 2.09. The number of hydrogen-bond donors (Lipinski definition) is 0. The van der Waals surface area contributed by atoms with Gasteiger partial charge >= 0.3 is 0 Å². The number of nitrogens with zero attached hydrogens (tertiary/aromatic N) is 5. The average Bonchev–Trinajstić information content (AvgIpc) is 2.96. The molecule has 1 atom stereocenters. The third-order valence-electron chi connectivity index (χ3n) is 3.97. The summed E-state index contributed by atoms with van der Waals surface area (Å²) in [5.74, 6) is 0.186. The van der Waals surface area contributed by atoms with Crippen molar-refractivity contribution in [2.45, 2.75) is 32.9 Å². The van der Waals surface area contributed by atoms with E-state index in [9.17, 15) is 9.59 Å². The molecule has 1 aliphatic heterocycles. The Morgan fingerprint density at radius 2 is 2.26 bits per heavy atom. The van der Waals surface area contributed by atoms with Crippen molar-refractivity contribution in [3.05, 3.63) is 11.9 Å². The molecule has 0 aliphatic carbocycles. The number of hydrogen-bond acceptors (Lipinski definition) is 5. The third-order valence-corrected chi connectivity index (χ3v) is 3.97. The van der Waals surface area contributed by atoms with Gasteiger partial charge in [0.2, 0.25) is 11.8 Å². The van der Waals surface area contributed by atoms with Gasteiger partial charge in [0.1, 0.15) is 12.6 Å². The monoisotopic (exact) mass is 323 g/mol. The fraction of sp³-hybridized carbons (Fsp3) is 0.733. The maximum absolute atomic E-state index is 12.7. The van der Waals surface area contributed by atoms with E-state index in [0.29, 0.717) is 32.0 Å². The summed E-state index contributed by atoms with van der Waals surface area (Å²) in [6.07, 6.45) is 2.34. The van der Waals surface area contributed by atoms with E-state index in [2.05, 4.69) is 24.2 Å². The second-order valence-electron chi connectivity index (χ2n) is 6.32. The Bertz CT molecular complexity index is 557. The molecule has 0 fully saturated rings. The van der Waals surface area contributed by atoms with Gasteiger partial charge in [-0.3, -0.25) is 9.59 Å². The van der Waals surface area contributed by atoms with E-state index in [1.54, 1.807) is 34.8 Å². The molecule has 0 saturated heterocycles. The zero-order valence-corrected chi connectivity index (χ0v) is 14.2.